The van der Waals surface area contributed by atoms with Crippen LogP contribution in [-0.2, 0) is 9.59 Å². The van der Waals surface area contributed by atoms with Gasteiger partial charge in [0.05, 0.1) is 0 Å². The van der Waals surface area contributed by atoms with Gasteiger partial charge in [-0.05, 0) is 5.41 Å². The van der Waals surface area contributed by atoms with Gasteiger partial charge in [-0.3, -0.25) is 9.59 Å². The summed E-state index contributed by atoms with van der Waals surface area (Å²) in [4.78, 5) is 21.5. The Kier molecular flexibility index (Phi) is 3.97. The van der Waals surface area contributed by atoms with Gasteiger partial charge in [-0.15, -0.1) is 0 Å². The molecule has 14 heavy (non-hydrogen) atoms. The number of carbonyl (C=O) groups is 2. The lowest BCUT2D eigenvalue weighted by Gasteiger charge is -2.28. The number of hydrogen-bond acceptors (Lipinski definition) is 2. The SMILES string of the molecule is CC(C)(C)[C@H](NC(=O)C(F)F)C(N)=O. The standard InChI is InChI=1S/C8H14F2N2O2/c1-8(2,3)4(6(11)13)12-7(14)5(9)10/h4-5H,1-3H3,(H2,11,13)(H,12,14)/t4-/m1/s1. The van der Waals surface area contributed by atoms with Crippen molar-refractivity contribution in [2.75, 3.05) is 0 Å². The topological polar surface area (TPSA) is 72.2 Å². The number of halogens is 2. The van der Waals surface area contributed by atoms with Crippen molar-refractivity contribution in [2.24, 2.45) is 11.1 Å². The molecule has 0 rings (SSSR count). The molecule has 0 heterocycles. The number of amides is 2. The highest BCUT2D eigenvalue weighted by molar-refractivity contribution is 5.88. The quantitative estimate of drug-likeness (QED) is 0.698. The van der Waals surface area contributed by atoms with Crippen LogP contribution in [0.1, 0.15) is 20.8 Å². The Balaban J connectivity index is 4.56. The minimum atomic E-state index is -3.14. The van der Waals surface area contributed by atoms with E-state index in [2.05, 4.69) is 0 Å². The summed E-state index contributed by atoms with van der Waals surface area (Å²) in [6.45, 7) is 4.86. The largest absolute Gasteiger partial charge is 0.368 e. The summed E-state index contributed by atoms with van der Waals surface area (Å²) in [5.74, 6) is -2.31. The first-order valence-electron chi connectivity index (χ1n) is 4.04. The van der Waals surface area contributed by atoms with Crippen LogP contribution in [0.5, 0.6) is 0 Å². The first kappa shape index (κ1) is 12.8. The van der Waals surface area contributed by atoms with Crippen molar-refractivity contribution >= 4 is 11.8 Å². The Morgan fingerprint density at radius 2 is 1.71 bits per heavy atom. The second-order valence-corrected chi connectivity index (χ2v) is 4.01. The summed E-state index contributed by atoms with van der Waals surface area (Å²) in [7, 11) is 0. The first-order chi connectivity index (χ1) is 6.16. The minimum Gasteiger partial charge on any atom is -0.368 e. The Bertz CT molecular complexity index is 236. The lowest BCUT2D eigenvalue weighted by atomic mass is 9.86. The van der Waals surface area contributed by atoms with E-state index in [1.165, 1.54) is 0 Å². The van der Waals surface area contributed by atoms with E-state index >= 15 is 0 Å². The van der Waals surface area contributed by atoms with Gasteiger partial charge in [0.2, 0.25) is 5.91 Å². The number of rotatable bonds is 3. The molecular weight excluding hydrogens is 194 g/mol. The third-order valence-corrected chi connectivity index (χ3v) is 1.64. The fourth-order valence-electron chi connectivity index (χ4n) is 0.920. The minimum absolute atomic E-state index is 0.684. The number of alkyl halides is 2. The monoisotopic (exact) mass is 208 g/mol. The summed E-state index contributed by atoms with van der Waals surface area (Å²) < 4.78 is 23.8. The molecule has 0 spiro atoms. The maximum atomic E-state index is 11.9. The van der Waals surface area contributed by atoms with Crippen molar-refractivity contribution in [3.05, 3.63) is 0 Å². The lowest BCUT2D eigenvalue weighted by Crippen LogP contribution is -2.53. The van der Waals surface area contributed by atoms with E-state index in [4.69, 9.17) is 5.73 Å². The van der Waals surface area contributed by atoms with Crippen molar-refractivity contribution in [2.45, 2.75) is 33.2 Å². The predicted molar refractivity (Wildman–Crippen MR) is 46.6 cm³/mol. The van der Waals surface area contributed by atoms with E-state index in [0.717, 1.165) is 0 Å². The zero-order chi connectivity index (χ0) is 11.5. The fraction of sp³-hybridized carbons (Fsp3) is 0.750. The molecular formula is C8H14F2N2O2. The van der Waals surface area contributed by atoms with Gasteiger partial charge in [-0.1, -0.05) is 20.8 Å². The first-order valence-corrected chi connectivity index (χ1v) is 4.04. The Hall–Kier alpha value is -1.20. The highest BCUT2D eigenvalue weighted by atomic mass is 19.3. The van der Waals surface area contributed by atoms with E-state index in [-0.39, 0.29) is 0 Å². The molecule has 0 aliphatic heterocycles. The molecule has 0 aliphatic carbocycles. The average molecular weight is 208 g/mol. The summed E-state index contributed by atoms with van der Waals surface area (Å²) in [5.41, 5.74) is 4.29. The summed E-state index contributed by atoms with van der Waals surface area (Å²) in [5, 5.41) is 1.89. The fourth-order valence-corrected chi connectivity index (χ4v) is 0.920. The molecule has 6 heteroatoms. The van der Waals surface area contributed by atoms with E-state index in [0.29, 0.717) is 0 Å². The van der Waals surface area contributed by atoms with Crippen LogP contribution in [0.2, 0.25) is 0 Å². The van der Waals surface area contributed by atoms with Crippen LogP contribution in [0.15, 0.2) is 0 Å². The zero-order valence-corrected chi connectivity index (χ0v) is 8.30. The second kappa shape index (κ2) is 4.34. The van der Waals surface area contributed by atoms with Gasteiger partial charge in [0.15, 0.2) is 0 Å². The van der Waals surface area contributed by atoms with Crippen molar-refractivity contribution in [3.63, 3.8) is 0 Å². The third kappa shape index (κ3) is 3.68. The van der Waals surface area contributed by atoms with Gasteiger partial charge in [-0.2, -0.15) is 8.78 Å². The van der Waals surface area contributed by atoms with Crippen LogP contribution in [0.25, 0.3) is 0 Å². The van der Waals surface area contributed by atoms with Crippen molar-refractivity contribution in [1.29, 1.82) is 0 Å². The van der Waals surface area contributed by atoms with Gasteiger partial charge in [0, 0.05) is 0 Å². The molecule has 0 saturated carbocycles. The molecule has 0 aromatic carbocycles. The molecule has 0 radical (unpaired) electrons. The van der Waals surface area contributed by atoms with Gasteiger partial charge >= 0.3 is 6.43 Å². The van der Waals surface area contributed by atoms with Crippen LogP contribution in [0.4, 0.5) is 8.78 Å². The number of primary amides is 1. The van der Waals surface area contributed by atoms with Gasteiger partial charge in [0.25, 0.3) is 5.91 Å². The van der Waals surface area contributed by atoms with Crippen molar-refractivity contribution in [1.82, 2.24) is 5.32 Å². The summed E-state index contributed by atoms with van der Waals surface area (Å²) >= 11 is 0. The Morgan fingerprint density at radius 3 is 1.93 bits per heavy atom. The number of hydrogen-bond donors (Lipinski definition) is 2. The predicted octanol–water partition coefficient (Wildman–Crippen LogP) is 0.268. The molecule has 82 valence electrons. The third-order valence-electron chi connectivity index (χ3n) is 1.64. The van der Waals surface area contributed by atoms with E-state index in [1.54, 1.807) is 20.8 Å². The molecule has 1 atom stereocenters. The van der Waals surface area contributed by atoms with Crippen LogP contribution in [-0.4, -0.2) is 24.3 Å². The maximum absolute atomic E-state index is 11.9. The molecule has 0 bridgehead atoms. The van der Waals surface area contributed by atoms with Crippen LogP contribution < -0.4 is 11.1 Å². The Morgan fingerprint density at radius 1 is 1.29 bits per heavy atom. The molecule has 0 saturated heterocycles. The van der Waals surface area contributed by atoms with E-state index in [1.807, 2.05) is 5.32 Å². The summed E-state index contributed by atoms with van der Waals surface area (Å²) in [6, 6.07) is -1.09. The highest BCUT2D eigenvalue weighted by Crippen LogP contribution is 2.19. The molecule has 0 aliphatic rings. The number of nitrogens with two attached hydrogens (primary N) is 1. The van der Waals surface area contributed by atoms with Crippen molar-refractivity contribution < 1.29 is 18.4 Å². The molecule has 4 nitrogen and oxygen atoms in total. The molecule has 2 amide bonds. The van der Waals surface area contributed by atoms with Crippen LogP contribution >= 0.6 is 0 Å². The molecule has 3 N–H and O–H groups in total. The zero-order valence-electron chi connectivity index (χ0n) is 8.30. The average Bonchev–Trinajstić information content (AvgIpc) is 1.96. The van der Waals surface area contributed by atoms with E-state index in [9.17, 15) is 18.4 Å². The molecule has 0 unspecified atom stereocenters. The number of nitrogens with one attached hydrogen (secondary N) is 1. The van der Waals surface area contributed by atoms with Crippen LogP contribution in [0.3, 0.4) is 0 Å². The summed E-state index contributed by atoms with van der Waals surface area (Å²) in [6.07, 6.45) is -3.14. The molecule has 0 fully saturated rings. The van der Waals surface area contributed by atoms with Gasteiger partial charge in [0.1, 0.15) is 6.04 Å². The molecule has 0 aromatic rings. The molecule has 0 aromatic heterocycles. The second-order valence-electron chi connectivity index (χ2n) is 4.01. The van der Waals surface area contributed by atoms with Gasteiger partial charge in [-0.25, -0.2) is 0 Å². The Labute approximate surface area is 80.8 Å². The lowest BCUT2D eigenvalue weighted by molar-refractivity contribution is -0.136. The van der Waals surface area contributed by atoms with Gasteiger partial charge < -0.3 is 11.1 Å². The maximum Gasteiger partial charge on any atom is 0.315 e. The highest BCUT2D eigenvalue weighted by Gasteiger charge is 2.32. The van der Waals surface area contributed by atoms with Crippen LogP contribution in [0, 0.1) is 5.41 Å². The normalized spacial score (nSPS) is 13.9. The van der Waals surface area contributed by atoms with E-state index < -0.39 is 29.7 Å². The smallest absolute Gasteiger partial charge is 0.315 e. The number of carbonyl (C=O) groups excluding carboxylic acids is 2. The van der Waals surface area contributed by atoms with Crippen molar-refractivity contribution in [3.8, 4) is 0 Å².